The largest absolute Gasteiger partial charge is 0.340 e. The van der Waals surface area contributed by atoms with Gasteiger partial charge in [0.15, 0.2) is 0 Å². The second-order valence-electron chi connectivity index (χ2n) is 4.37. The van der Waals surface area contributed by atoms with Crippen LogP contribution in [0.2, 0.25) is 0 Å². The molecule has 0 spiro atoms. The Morgan fingerprint density at radius 3 is 2.89 bits per heavy atom. The SMILES string of the molecule is CCc1cc(Nc2cccc(CCCCl)c2)ncn1. The number of nitrogens with one attached hydrogen (secondary N) is 1. The van der Waals surface area contributed by atoms with Crippen LogP contribution in [0.3, 0.4) is 0 Å². The molecule has 0 aliphatic rings. The number of hydrogen-bond acceptors (Lipinski definition) is 3. The molecule has 1 N–H and O–H groups in total. The fraction of sp³-hybridized carbons (Fsp3) is 0.333. The van der Waals surface area contributed by atoms with Gasteiger partial charge < -0.3 is 5.32 Å². The van der Waals surface area contributed by atoms with Crippen molar-refractivity contribution in [2.45, 2.75) is 26.2 Å². The van der Waals surface area contributed by atoms with E-state index in [1.807, 2.05) is 18.2 Å². The van der Waals surface area contributed by atoms with E-state index in [-0.39, 0.29) is 0 Å². The van der Waals surface area contributed by atoms with E-state index in [9.17, 15) is 0 Å². The molecule has 0 radical (unpaired) electrons. The molecule has 0 aliphatic carbocycles. The number of alkyl halides is 1. The van der Waals surface area contributed by atoms with E-state index in [2.05, 4.69) is 34.3 Å². The average molecular weight is 276 g/mol. The standard InChI is InChI=1S/C15H18ClN3/c1-2-13-10-15(18-11-17-13)19-14-7-3-5-12(9-14)6-4-8-16/h3,5,7,9-11H,2,4,6,8H2,1H3,(H,17,18,19). The zero-order valence-electron chi connectivity index (χ0n) is 11.1. The van der Waals surface area contributed by atoms with Gasteiger partial charge in [-0.1, -0.05) is 19.1 Å². The van der Waals surface area contributed by atoms with Crippen molar-refractivity contribution in [3.8, 4) is 0 Å². The summed E-state index contributed by atoms with van der Waals surface area (Å²) in [6, 6.07) is 10.3. The molecule has 0 fully saturated rings. The quantitative estimate of drug-likeness (QED) is 0.811. The minimum absolute atomic E-state index is 0.698. The zero-order valence-corrected chi connectivity index (χ0v) is 11.8. The average Bonchev–Trinajstić information content (AvgIpc) is 2.46. The third kappa shape index (κ3) is 4.21. The molecule has 0 atom stereocenters. The first-order valence-electron chi connectivity index (χ1n) is 6.54. The second-order valence-corrected chi connectivity index (χ2v) is 4.74. The van der Waals surface area contributed by atoms with Crippen molar-refractivity contribution < 1.29 is 0 Å². The fourth-order valence-electron chi connectivity index (χ4n) is 1.88. The van der Waals surface area contributed by atoms with Crippen LogP contribution < -0.4 is 5.32 Å². The zero-order chi connectivity index (χ0) is 13.5. The summed E-state index contributed by atoms with van der Waals surface area (Å²) in [5, 5.41) is 3.31. The molecule has 100 valence electrons. The number of benzene rings is 1. The van der Waals surface area contributed by atoms with Crippen LogP contribution >= 0.6 is 11.6 Å². The molecule has 19 heavy (non-hydrogen) atoms. The smallest absolute Gasteiger partial charge is 0.133 e. The summed E-state index contributed by atoms with van der Waals surface area (Å²) >= 11 is 5.72. The summed E-state index contributed by atoms with van der Waals surface area (Å²) in [5.74, 6) is 1.53. The third-order valence-electron chi connectivity index (χ3n) is 2.88. The predicted molar refractivity (Wildman–Crippen MR) is 80.2 cm³/mol. The number of rotatable bonds is 6. The number of hydrogen-bond donors (Lipinski definition) is 1. The number of anilines is 2. The molecule has 0 saturated carbocycles. The highest BCUT2D eigenvalue weighted by Gasteiger charge is 2.00. The third-order valence-corrected chi connectivity index (χ3v) is 3.15. The molecule has 1 aromatic carbocycles. The highest BCUT2D eigenvalue weighted by Crippen LogP contribution is 2.17. The number of aryl methyl sites for hydroxylation is 2. The Balaban J connectivity index is 2.09. The molecule has 1 heterocycles. The molecule has 1 aromatic heterocycles. The Labute approximate surface area is 119 Å². The molecule has 0 amide bonds. The Morgan fingerprint density at radius 2 is 2.11 bits per heavy atom. The summed E-state index contributed by atoms with van der Waals surface area (Å²) in [4.78, 5) is 8.42. The molecule has 0 unspecified atom stereocenters. The molecule has 0 saturated heterocycles. The Hall–Kier alpha value is -1.61. The van der Waals surface area contributed by atoms with E-state index in [4.69, 9.17) is 11.6 Å². The molecule has 0 bridgehead atoms. The van der Waals surface area contributed by atoms with Crippen molar-refractivity contribution in [2.75, 3.05) is 11.2 Å². The summed E-state index contributed by atoms with van der Waals surface area (Å²) < 4.78 is 0. The van der Waals surface area contributed by atoms with Gasteiger partial charge in [-0.05, 0) is 37.0 Å². The van der Waals surface area contributed by atoms with Crippen LogP contribution in [-0.2, 0) is 12.8 Å². The van der Waals surface area contributed by atoms with Gasteiger partial charge in [-0.15, -0.1) is 11.6 Å². The lowest BCUT2D eigenvalue weighted by Crippen LogP contribution is -1.97. The summed E-state index contributed by atoms with van der Waals surface area (Å²) in [7, 11) is 0. The van der Waals surface area contributed by atoms with Crippen LogP contribution in [0.25, 0.3) is 0 Å². The summed E-state index contributed by atoms with van der Waals surface area (Å²) in [6.45, 7) is 2.08. The molecule has 3 nitrogen and oxygen atoms in total. The topological polar surface area (TPSA) is 37.8 Å². The van der Waals surface area contributed by atoms with Crippen LogP contribution in [-0.4, -0.2) is 15.8 Å². The number of halogens is 1. The molecular formula is C15H18ClN3. The van der Waals surface area contributed by atoms with Gasteiger partial charge in [0.25, 0.3) is 0 Å². The maximum atomic E-state index is 5.72. The van der Waals surface area contributed by atoms with Crippen molar-refractivity contribution in [1.29, 1.82) is 0 Å². The van der Waals surface area contributed by atoms with E-state index in [1.165, 1.54) is 5.56 Å². The van der Waals surface area contributed by atoms with Crippen molar-refractivity contribution in [3.05, 3.63) is 47.9 Å². The maximum Gasteiger partial charge on any atom is 0.133 e. The lowest BCUT2D eigenvalue weighted by molar-refractivity contribution is 0.929. The van der Waals surface area contributed by atoms with Crippen molar-refractivity contribution in [1.82, 2.24) is 9.97 Å². The monoisotopic (exact) mass is 275 g/mol. The predicted octanol–water partition coefficient (Wildman–Crippen LogP) is 3.95. The normalized spacial score (nSPS) is 10.4. The first-order chi connectivity index (χ1) is 9.31. The van der Waals surface area contributed by atoms with Gasteiger partial charge >= 0.3 is 0 Å². The molecule has 2 rings (SSSR count). The lowest BCUT2D eigenvalue weighted by Gasteiger charge is -2.08. The molecule has 4 heteroatoms. The molecule has 0 aliphatic heterocycles. The minimum Gasteiger partial charge on any atom is -0.340 e. The number of aromatic nitrogens is 2. The van der Waals surface area contributed by atoms with Gasteiger partial charge in [0.2, 0.25) is 0 Å². The van der Waals surface area contributed by atoms with Crippen LogP contribution in [0.1, 0.15) is 24.6 Å². The van der Waals surface area contributed by atoms with Gasteiger partial charge in [-0.25, -0.2) is 9.97 Å². The van der Waals surface area contributed by atoms with Gasteiger partial charge in [0.1, 0.15) is 12.1 Å². The maximum absolute atomic E-state index is 5.72. The fourth-order valence-corrected chi connectivity index (χ4v) is 2.02. The van der Waals surface area contributed by atoms with Gasteiger partial charge in [0, 0.05) is 23.3 Å². The second kappa shape index (κ2) is 7.10. The van der Waals surface area contributed by atoms with E-state index in [1.54, 1.807) is 6.33 Å². The van der Waals surface area contributed by atoms with E-state index in [0.29, 0.717) is 5.88 Å². The van der Waals surface area contributed by atoms with E-state index in [0.717, 1.165) is 36.5 Å². The van der Waals surface area contributed by atoms with Crippen molar-refractivity contribution in [3.63, 3.8) is 0 Å². The van der Waals surface area contributed by atoms with E-state index >= 15 is 0 Å². The van der Waals surface area contributed by atoms with Crippen LogP contribution in [0.4, 0.5) is 11.5 Å². The molecular weight excluding hydrogens is 258 g/mol. The summed E-state index contributed by atoms with van der Waals surface area (Å²) in [5.41, 5.74) is 3.37. The molecule has 2 aromatic rings. The highest BCUT2D eigenvalue weighted by atomic mass is 35.5. The number of nitrogens with zero attached hydrogens (tertiary/aromatic N) is 2. The Morgan fingerprint density at radius 1 is 1.21 bits per heavy atom. The lowest BCUT2D eigenvalue weighted by atomic mass is 10.1. The Kier molecular flexibility index (Phi) is 5.16. The van der Waals surface area contributed by atoms with Crippen molar-refractivity contribution in [2.24, 2.45) is 0 Å². The first-order valence-corrected chi connectivity index (χ1v) is 7.08. The van der Waals surface area contributed by atoms with Crippen molar-refractivity contribution >= 4 is 23.1 Å². The van der Waals surface area contributed by atoms with Crippen LogP contribution in [0.5, 0.6) is 0 Å². The minimum atomic E-state index is 0.698. The van der Waals surface area contributed by atoms with Gasteiger partial charge in [-0.3, -0.25) is 0 Å². The highest BCUT2D eigenvalue weighted by molar-refractivity contribution is 6.17. The van der Waals surface area contributed by atoms with Gasteiger partial charge in [-0.2, -0.15) is 0 Å². The first kappa shape index (κ1) is 13.8. The van der Waals surface area contributed by atoms with E-state index < -0.39 is 0 Å². The van der Waals surface area contributed by atoms with Gasteiger partial charge in [0.05, 0.1) is 0 Å². The summed E-state index contributed by atoms with van der Waals surface area (Å²) in [6.07, 6.45) is 4.51. The van der Waals surface area contributed by atoms with Crippen LogP contribution in [0, 0.1) is 0 Å². The Bertz CT molecular complexity index is 528. The van der Waals surface area contributed by atoms with Crippen LogP contribution in [0.15, 0.2) is 36.7 Å².